The molecule has 3 rings (SSSR count). The van der Waals surface area contributed by atoms with Gasteiger partial charge in [-0.1, -0.05) is 12.1 Å². The number of rotatable bonds is 4. The third-order valence-corrected chi connectivity index (χ3v) is 2.94. The fourth-order valence-electron chi connectivity index (χ4n) is 1.90. The first-order valence-electron chi connectivity index (χ1n) is 6.40. The van der Waals surface area contributed by atoms with Crippen LogP contribution in [0.25, 0.3) is 5.69 Å². The minimum atomic E-state index is -0.743. The molecular weight excluding hydrogens is 307 g/mol. The summed E-state index contributed by atoms with van der Waals surface area (Å²) in [4.78, 5) is 21.7. The van der Waals surface area contributed by atoms with Crippen LogP contribution >= 0.6 is 0 Å². The summed E-state index contributed by atoms with van der Waals surface area (Å²) in [5.74, 6) is -1.88. The zero-order valence-corrected chi connectivity index (χ0v) is 11.5. The Morgan fingerprint density at radius 2 is 2.09 bits per heavy atom. The first-order chi connectivity index (χ1) is 11.0. The Balaban J connectivity index is 1.77. The predicted octanol–water partition coefficient (Wildman–Crippen LogP) is 2.76. The van der Waals surface area contributed by atoms with Gasteiger partial charge in [0.1, 0.15) is 16.4 Å². The van der Waals surface area contributed by atoms with Crippen LogP contribution in [0.5, 0.6) is 0 Å². The fourth-order valence-corrected chi connectivity index (χ4v) is 1.90. The summed E-state index contributed by atoms with van der Waals surface area (Å²) in [7, 11) is 0. The number of nitrogens with zero attached hydrogens (tertiary/aromatic N) is 3. The van der Waals surface area contributed by atoms with Crippen LogP contribution in [0.3, 0.4) is 0 Å². The summed E-state index contributed by atoms with van der Waals surface area (Å²) in [5.41, 5.74) is 0.513. The number of carbonyl (C=O) groups is 1. The number of halogens is 1. The number of furan rings is 1. The van der Waals surface area contributed by atoms with Crippen LogP contribution in [0.4, 0.5) is 16.0 Å². The third kappa shape index (κ3) is 2.93. The number of amides is 1. The van der Waals surface area contributed by atoms with Crippen molar-refractivity contribution in [2.24, 2.45) is 0 Å². The molecule has 1 N–H and O–H groups in total. The molecule has 9 heteroatoms. The molecule has 0 aliphatic carbocycles. The van der Waals surface area contributed by atoms with Gasteiger partial charge in [0.25, 0.3) is 5.91 Å². The molecule has 2 aromatic heterocycles. The second kappa shape index (κ2) is 5.72. The van der Waals surface area contributed by atoms with Crippen molar-refractivity contribution >= 4 is 17.5 Å². The summed E-state index contributed by atoms with van der Waals surface area (Å²) >= 11 is 0. The standard InChI is InChI=1S/C14H9FN4O4/c15-10-3-1-2-4-11(10)18-8-9(7-16-18)17-14(20)12-5-6-13(23-12)19(21)22/h1-8H,(H,17,20). The van der Waals surface area contributed by atoms with Crippen LogP contribution in [0, 0.1) is 15.9 Å². The van der Waals surface area contributed by atoms with Crippen LogP contribution < -0.4 is 5.32 Å². The molecule has 1 amide bonds. The van der Waals surface area contributed by atoms with Gasteiger partial charge in [-0.05, 0) is 18.2 Å². The molecular formula is C14H9FN4O4. The van der Waals surface area contributed by atoms with Gasteiger partial charge in [0.15, 0.2) is 5.76 Å². The third-order valence-electron chi connectivity index (χ3n) is 2.94. The lowest BCUT2D eigenvalue weighted by atomic mass is 10.3. The number of para-hydroxylation sites is 1. The Hall–Kier alpha value is -3.49. The van der Waals surface area contributed by atoms with Gasteiger partial charge in [0.05, 0.1) is 24.1 Å². The van der Waals surface area contributed by atoms with Crippen molar-refractivity contribution in [2.75, 3.05) is 5.32 Å². The van der Waals surface area contributed by atoms with Crippen LogP contribution in [0.15, 0.2) is 53.2 Å². The molecule has 0 saturated carbocycles. The molecule has 0 saturated heterocycles. The monoisotopic (exact) mass is 316 g/mol. The van der Waals surface area contributed by atoms with E-state index in [1.54, 1.807) is 12.1 Å². The second-order valence-corrected chi connectivity index (χ2v) is 4.47. The number of nitro groups is 1. The van der Waals surface area contributed by atoms with E-state index in [0.717, 1.165) is 6.07 Å². The molecule has 0 atom stereocenters. The lowest BCUT2D eigenvalue weighted by Crippen LogP contribution is -2.10. The first kappa shape index (κ1) is 14.4. The lowest BCUT2D eigenvalue weighted by Gasteiger charge is -2.02. The number of aromatic nitrogens is 2. The summed E-state index contributed by atoms with van der Waals surface area (Å²) < 4.78 is 19.7. The highest BCUT2D eigenvalue weighted by Crippen LogP contribution is 2.18. The van der Waals surface area contributed by atoms with Crippen LogP contribution in [0.2, 0.25) is 0 Å². The van der Waals surface area contributed by atoms with Crippen molar-refractivity contribution in [3.05, 3.63) is 70.5 Å². The van der Waals surface area contributed by atoms with E-state index >= 15 is 0 Å². The Labute approximate surface area is 128 Å². The van der Waals surface area contributed by atoms with Crippen LogP contribution in [-0.2, 0) is 0 Å². The zero-order valence-electron chi connectivity index (χ0n) is 11.5. The van der Waals surface area contributed by atoms with Gasteiger partial charge in [0.2, 0.25) is 0 Å². The van der Waals surface area contributed by atoms with E-state index in [2.05, 4.69) is 10.4 Å². The Kier molecular flexibility index (Phi) is 3.59. The number of anilines is 1. The highest BCUT2D eigenvalue weighted by atomic mass is 19.1. The van der Waals surface area contributed by atoms with E-state index in [4.69, 9.17) is 4.42 Å². The van der Waals surface area contributed by atoms with Crippen molar-refractivity contribution in [3.63, 3.8) is 0 Å². The van der Waals surface area contributed by atoms with E-state index in [0.29, 0.717) is 0 Å². The molecule has 0 aliphatic rings. The average Bonchev–Trinajstić information content (AvgIpc) is 3.16. The second-order valence-electron chi connectivity index (χ2n) is 4.47. The Morgan fingerprint density at radius 1 is 1.30 bits per heavy atom. The van der Waals surface area contributed by atoms with Crippen molar-refractivity contribution in [1.29, 1.82) is 0 Å². The molecule has 0 aliphatic heterocycles. The van der Waals surface area contributed by atoms with Crippen molar-refractivity contribution in [3.8, 4) is 5.69 Å². The zero-order chi connectivity index (χ0) is 16.4. The number of nitrogens with one attached hydrogen (secondary N) is 1. The number of hydrogen-bond donors (Lipinski definition) is 1. The summed E-state index contributed by atoms with van der Waals surface area (Å²) in [6, 6.07) is 8.29. The molecule has 0 spiro atoms. The van der Waals surface area contributed by atoms with E-state index in [9.17, 15) is 19.3 Å². The van der Waals surface area contributed by atoms with Crippen molar-refractivity contribution in [2.45, 2.75) is 0 Å². The van der Waals surface area contributed by atoms with Gasteiger partial charge in [-0.25, -0.2) is 9.07 Å². The highest BCUT2D eigenvalue weighted by molar-refractivity contribution is 6.02. The quantitative estimate of drug-likeness (QED) is 0.589. The molecule has 0 fully saturated rings. The van der Waals surface area contributed by atoms with Crippen molar-refractivity contribution < 1.29 is 18.5 Å². The molecule has 8 nitrogen and oxygen atoms in total. The Bertz CT molecular complexity index is 886. The predicted molar refractivity (Wildman–Crippen MR) is 76.8 cm³/mol. The SMILES string of the molecule is O=C(Nc1cnn(-c2ccccc2F)c1)c1ccc([N+](=O)[O-])o1. The molecule has 1 aromatic carbocycles. The van der Waals surface area contributed by atoms with Gasteiger partial charge in [-0.2, -0.15) is 5.10 Å². The van der Waals surface area contributed by atoms with Gasteiger partial charge in [-0.3, -0.25) is 14.9 Å². The largest absolute Gasteiger partial charge is 0.433 e. The maximum Gasteiger partial charge on any atom is 0.433 e. The minimum Gasteiger partial charge on any atom is -0.395 e. The van der Waals surface area contributed by atoms with Gasteiger partial charge >= 0.3 is 5.88 Å². The van der Waals surface area contributed by atoms with Crippen LogP contribution in [-0.4, -0.2) is 20.6 Å². The maximum atomic E-state index is 13.7. The van der Waals surface area contributed by atoms with Gasteiger partial charge in [0, 0.05) is 0 Å². The summed E-state index contributed by atoms with van der Waals surface area (Å²) in [5, 5.41) is 16.9. The van der Waals surface area contributed by atoms with E-state index in [1.807, 2.05) is 0 Å². The summed E-state index contributed by atoms with van der Waals surface area (Å²) in [6.45, 7) is 0. The molecule has 2 heterocycles. The van der Waals surface area contributed by atoms with E-state index in [-0.39, 0.29) is 17.1 Å². The van der Waals surface area contributed by atoms with Gasteiger partial charge in [-0.15, -0.1) is 0 Å². The maximum absolute atomic E-state index is 13.7. The lowest BCUT2D eigenvalue weighted by molar-refractivity contribution is -0.402. The molecule has 0 radical (unpaired) electrons. The van der Waals surface area contributed by atoms with E-state index in [1.165, 1.54) is 35.3 Å². The Morgan fingerprint density at radius 3 is 2.78 bits per heavy atom. The number of carbonyl (C=O) groups excluding carboxylic acids is 1. The summed E-state index contributed by atoms with van der Waals surface area (Å²) in [6.07, 6.45) is 2.73. The van der Waals surface area contributed by atoms with E-state index < -0.39 is 22.5 Å². The molecule has 0 bridgehead atoms. The fraction of sp³-hybridized carbons (Fsp3) is 0. The number of hydrogen-bond acceptors (Lipinski definition) is 5. The molecule has 0 unspecified atom stereocenters. The van der Waals surface area contributed by atoms with Gasteiger partial charge < -0.3 is 9.73 Å². The average molecular weight is 316 g/mol. The molecule has 3 aromatic rings. The normalized spacial score (nSPS) is 10.5. The van der Waals surface area contributed by atoms with Crippen molar-refractivity contribution in [1.82, 2.24) is 9.78 Å². The topological polar surface area (TPSA) is 103 Å². The highest BCUT2D eigenvalue weighted by Gasteiger charge is 2.18. The first-order valence-corrected chi connectivity index (χ1v) is 6.40. The molecule has 23 heavy (non-hydrogen) atoms. The number of benzene rings is 1. The van der Waals surface area contributed by atoms with Crippen LogP contribution in [0.1, 0.15) is 10.6 Å². The minimum absolute atomic E-state index is 0.213. The smallest absolute Gasteiger partial charge is 0.395 e. The molecule has 116 valence electrons.